The molecule has 0 fully saturated rings. The molecule has 0 amide bonds. The van der Waals surface area contributed by atoms with Gasteiger partial charge in [0.05, 0.1) is 5.69 Å². The summed E-state index contributed by atoms with van der Waals surface area (Å²) in [6.45, 7) is 13.3. The molecule has 2 aromatic heterocycles. The van der Waals surface area contributed by atoms with Gasteiger partial charge in [-0.05, 0) is 39.4 Å². The minimum Gasteiger partial charge on any atom is -0.444 e. The molecule has 156 valence electrons. The van der Waals surface area contributed by atoms with Crippen LogP contribution in [0.3, 0.4) is 0 Å². The molecule has 0 saturated carbocycles. The number of guanidine groups is 1. The first-order chi connectivity index (χ1) is 13.4. The van der Waals surface area contributed by atoms with Gasteiger partial charge in [-0.2, -0.15) is 0 Å². The number of aliphatic imine (C=N–C) groups is 1. The molecule has 9 heteroatoms. The van der Waals surface area contributed by atoms with Crippen LogP contribution in [0, 0.1) is 19.8 Å². The molecule has 0 unspecified atom stereocenters. The highest BCUT2D eigenvalue weighted by atomic mass is 32.2. The zero-order chi connectivity index (χ0) is 20.5. The van der Waals surface area contributed by atoms with Crippen molar-refractivity contribution in [2.24, 2.45) is 10.9 Å². The van der Waals surface area contributed by atoms with E-state index in [0.29, 0.717) is 18.4 Å². The van der Waals surface area contributed by atoms with Crippen LogP contribution in [0.25, 0.3) is 0 Å². The van der Waals surface area contributed by atoms with Crippen LogP contribution in [0.2, 0.25) is 0 Å². The van der Waals surface area contributed by atoms with Crippen molar-refractivity contribution in [3.63, 3.8) is 0 Å². The molecule has 0 saturated heterocycles. The Labute approximate surface area is 172 Å². The molecular weight excluding hydrogens is 374 g/mol. The molecule has 2 heterocycles. The van der Waals surface area contributed by atoms with Crippen LogP contribution >= 0.6 is 11.8 Å². The summed E-state index contributed by atoms with van der Waals surface area (Å²) in [5.41, 5.74) is 0.915. The van der Waals surface area contributed by atoms with Crippen LogP contribution < -0.4 is 10.6 Å². The Hall–Kier alpha value is -2.03. The SMILES string of the molecule is CCNC(=NCc1nc(C)c(C)o1)NCCCc1nnc(SC)n1CC(C)C. The Morgan fingerprint density at radius 2 is 2.04 bits per heavy atom. The number of thioether (sulfide) groups is 1. The normalized spacial score (nSPS) is 12.0. The van der Waals surface area contributed by atoms with Gasteiger partial charge in [0.15, 0.2) is 11.1 Å². The molecule has 0 radical (unpaired) electrons. The van der Waals surface area contributed by atoms with Gasteiger partial charge in [0.25, 0.3) is 0 Å². The van der Waals surface area contributed by atoms with Crippen molar-refractivity contribution in [3.05, 3.63) is 23.2 Å². The summed E-state index contributed by atoms with van der Waals surface area (Å²) in [5.74, 6) is 3.86. The van der Waals surface area contributed by atoms with E-state index in [0.717, 1.165) is 60.9 Å². The van der Waals surface area contributed by atoms with E-state index < -0.39 is 0 Å². The van der Waals surface area contributed by atoms with Gasteiger partial charge in [0.1, 0.15) is 18.1 Å². The van der Waals surface area contributed by atoms with Crippen LogP contribution in [0.1, 0.15) is 50.4 Å². The predicted octanol–water partition coefficient (Wildman–Crippen LogP) is 2.95. The molecule has 0 atom stereocenters. The van der Waals surface area contributed by atoms with E-state index in [1.807, 2.05) is 20.1 Å². The summed E-state index contributed by atoms with van der Waals surface area (Å²) in [6, 6.07) is 0. The highest BCUT2D eigenvalue weighted by Gasteiger charge is 2.12. The lowest BCUT2D eigenvalue weighted by Gasteiger charge is -2.13. The van der Waals surface area contributed by atoms with Gasteiger partial charge in [-0.1, -0.05) is 25.6 Å². The van der Waals surface area contributed by atoms with Gasteiger partial charge < -0.3 is 19.6 Å². The lowest BCUT2D eigenvalue weighted by Crippen LogP contribution is -2.38. The predicted molar refractivity (Wildman–Crippen MR) is 114 cm³/mol. The second kappa shape index (κ2) is 11.1. The van der Waals surface area contributed by atoms with Crippen LogP contribution in [0.5, 0.6) is 0 Å². The Balaban J connectivity index is 1.87. The minimum atomic E-state index is 0.420. The molecule has 8 nitrogen and oxygen atoms in total. The topological polar surface area (TPSA) is 93.2 Å². The van der Waals surface area contributed by atoms with Crippen molar-refractivity contribution in [1.82, 2.24) is 30.4 Å². The number of aryl methyl sites for hydroxylation is 3. The number of nitrogens with zero attached hydrogens (tertiary/aromatic N) is 5. The molecule has 0 aliphatic carbocycles. The van der Waals surface area contributed by atoms with Crippen LogP contribution in [-0.2, 0) is 19.5 Å². The Bertz CT molecular complexity index is 747. The average Bonchev–Trinajstić information content (AvgIpc) is 3.18. The Morgan fingerprint density at radius 3 is 2.64 bits per heavy atom. The van der Waals surface area contributed by atoms with Crippen LogP contribution in [-0.4, -0.2) is 45.1 Å². The number of rotatable bonds is 10. The monoisotopic (exact) mass is 407 g/mol. The quantitative estimate of drug-likeness (QED) is 0.271. The van der Waals surface area contributed by atoms with Crippen molar-refractivity contribution in [2.45, 2.75) is 65.7 Å². The Morgan fingerprint density at radius 1 is 1.25 bits per heavy atom. The molecule has 2 rings (SSSR count). The molecular formula is C19H33N7OS. The van der Waals surface area contributed by atoms with Gasteiger partial charge in [0, 0.05) is 26.1 Å². The van der Waals surface area contributed by atoms with Crippen molar-refractivity contribution in [3.8, 4) is 0 Å². The number of nitrogens with one attached hydrogen (secondary N) is 2. The number of hydrogen-bond acceptors (Lipinski definition) is 6. The first kappa shape index (κ1) is 22.3. The van der Waals surface area contributed by atoms with E-state index in [-0.39, 0.29) is 0 Å². The van der Waals surface area contributed by atoms with Gasteiger partial charge in [-0.15, -0.1) is 10.2 Å². The molecule has 0 aliphatic heterocycles. The fourth-order valence-electron chi connectivity index (χ4n) is 2.75. The maximum atomic E-state index is 5.59. The van der Waals surface area contributed by atoms with Crippen molar-refractivity contribution < 1.29 is 4.42 Å². The van der Waals surface area contributed by atoms with Crippen LogP contribution in [0.4, 0.5) is 0 Å². The zero-order valence-electron chi connectivity index (χ0n) is 17.9. The summed E-state index contributed by atoms with van der Waals surface area (Å²) in [7, 11) is 0. The highest BCUT2D eigenvalue weighted by Crippen LogP contribution is 2.16. The number of oxazole rings is 1. The summed E-state index contributed by atoms with van der Waals surface area (Å²) in [6.07, 6.45) is 3.87. The third-order valence-electron chi connectivity index (χ3n) is 4.18. The standard InChI is InChI=1S/C19H33N7OS/c1-7-20-18(22-11-17-23-14(4)15(5)27-17)21-10-8-9-16-24-25-19(28-6)26(16)12-13(2)3/h13H,7-12H2,1-6H3,(H2,20,21,22). The third-order valence-corrected chi connectivity index (χ3v) is 4.85. The van der Waals surface area contributed by atoms with E-state index >= 15 is 0 Å². The van der Waals surface area contributed by atoms with Crippen molar-refractivity contribution >= 4 is 17.7 Å². The van der Waals surface area contributed by atoms with Gasteiger partial charge in [-0.3, -0.25) is 0 Å². The van der Waals surface area contributed by atoms with E-state index in [1.165, 1.54) is 0 Å². The van der Waals surface area contributed by atoms with Gasteiger partial charge in [0.2, 0.25) is 5.89 Å². The zero-order valence-corrected chi connectivity index (χ0v) is 18.7. The van der Waals surface area contributed by atoms with E-state index in [4.69, 9.17) is 4.42 Å². The summed E-state index contributed by atoms with van der Waals surface area (Å²) >= 11 is 1.65. The lowest BCUT2D eigenvalue weighted by atomic mass is 10.2. The summed E-state index contributed by atoms with van der Waals surface area (Å²) < 4.78 is 7.83. The third kappa shape index (κ3) is 6.54. The van der Waals surface area contributed by atoms with Crippen molar-refractivity contribution in [2.75, 3.05) is 19.3 Å². The first-order valence-electron chi connectivity index (χ1n) is 9.85. The second-order valence-electron chi connectivity index (χ2n) is 7.08. The van der Waals surface area contributed by atoms with E-state index in [9.17, 15) is 0 Å². The van der Waals surface area contributed by atoms with E-state index in [1.54, 1.807) is 11.8 Å². The second-order valence-corrected chi connectivity index (χ2v) is 7.86. The average molecular weight is 408 g/mol. The smallest absolute Gasteiger partial charge is 0.216 e. The number of aromatic nitrogens is 4. The van der Waals surface area contributed by atoms with Gasteiger partial charge >= 0.3 is 0 Å². The first-order valence-corrected chi connectivity index (χ1v) is 11.1. The fraction of sp³-hybridized carbons (Fsp3) is 0.684. The lowest BCUT2D eigenvalue weighted by molar-refractivity contribution is 0.472. The summed E-state index contributed by atoms with van der Waals surface area (Å²) in [4.78, 5) is 8.93. The molecule has 2 N–H and O–H groups in total. The largest absolute Gasteiger partial charge is 0.444 e. The molecule has 28 heavy (non-hydrogen) atoms. The maximum Gasteiger partial charge on any atom is 0.216 e. The molecule has 0 spiro atoms. The minimum absolute atomic E-state index is 0.420. The van der Waals surface area contributed by atoms with Crippen LogP contribution in [0.15, 0.2) is 14.6 Å². The summed E-state index contributed by atoms with van der Waals surface area (Å²) in [5, 5.41) is 16.3. The molecule has 0 aromatic carbocycles. The van der Waals surface area contributed by atoms with Gasteiger partial charge in [-0.25, -0.2) is 9.98 Å². The molecule has 2 aromatic rings. The molecule has 0 aliphatic rings. The highest BCUT2D eigenvalue weighted by molar-refractivity contribution is 7.98. The van der Waals surface area contributed by atoms with E-state index in [2.05, 4.69) is 56.1 Å². The van der Waals surface area contributed by atoms with Crippen molar-refractivity contribution in [1.29, 1.82) is 0 Å². The molecule has 0 bridgehead atoms. The number of hydrogen-bond donors (Lipinski definition) is 2. The Kier molecular flexibility index (Phi) is 8.82. The maximum absolute atomic E-state index is 5.59. The fourth-order valence-corrected chi connectivity index (χ4v) is 3.27.